The molecule has 10 heteroatoms. The van der Waals surface area contributed by atoms with E-state index in [1.54, 1.807) is 18.2 Å². The van der Waals surface area contributed by atoms with E-state index in [1.165, 1.54) is 5.56 Å². The van der Waals surface area contributed by atoms with Crippen LogP contribution >= 0.6 is 0 Å². The molecule has 0 aliphatic carbocycles. The molecule has 6 aromatic rings. The first-order valence-electron chi connectivity index (χ1n) is 16.3. The van der Waals surface area contributed by atoms with Gasteiger partial charge in [-0.25, -0.2) is 14.8 Å². The van der Waals surface area contributed by atoms with Gasteiger partial charge in [0.05, 0.1) is 47.7 Å². The lowest BCUT2D eigenvalue weighted by molar-refractivity contribution is -0.0589. The Hall–Kier alpha value is -5.48. The second-order valence-electron chi connectivity index (χ2n) is 12.4. The summed E-state index contributed by atoms with van der Waals surface area (Å²) in [5.74, 6) is 1.20. The van der Waals surface area contributed by atoms with Crippen LogP contribution < -0.4 is 9.47 Å². The standard InChI is InChI=1S/C38H35N5O5/c1-42-21-30(20-39-42)25-7-10-29-23-48-37-6-2-5-32(41-37)26-8-9-27(35(18-26)47-14-3-4-24(29)16-25)19-36-40-33-12-11-28(38(44)45)17-34(33)43(36)22-31-13-15-46-31/h2,5-12,16-18,20-21,31H,3-4,13-15,19,22-23H2,1H3,(H,44,45)/t31-/m0/s1. The van der Waals surface area contributed by atoms with Crippen LogP contribution in [0, 0.1) is 0 Å². The molecule has 3 aromatic heterocycles. The summed E-state index contributed by atoms with van der Waals surface area (Å²) in [7, 11) is 1.92. The van der Waals surface area contributed by atoms with Gasteiger partial charge in [0.25, 0.3) is 0 Å². The Labute approximate surface area is 277 Å². The molecule has 0 unspecified atom stereocenters. The lowest BCUT2D eigenvalue weighted by Crippen LogP contribution is -2.31. The highest BCUT2D eigenvalue weighted by atomic mass is 16.5. The number of hydrogen-bond acceptors (Lipinski definition) is 7. The van der Waals surface area contributed by atoms with Crippen LogP contribution in [0.15, 0.2) is 85.2 Å². The van der Waals surface area contributed by atoms with Crippen molar-refractivity contribution in [3.05, 3.63) is 113 Å². The van der Waals surface area contributed by atoms with Crippen molar-refractivity contribution in [2.45, 2.75) is 44.9 Å². The number of rotatable bonds is 6. The van der Waals surface area contributed by atoms with Crippen molar-refractivity contribution in [2.75, 3.05) is 13.2 Å². The van der Waals surface area contributed by atoms with Crippen LogP contribution in [0.5, 0.6) is 11.6 Å². The van der Waals surface area contributed by atoms with E-state index in [2.05, 4.69) is 40.0 Å². The minimum Gasteiger partial charge on any atom is -0.493 e. The van der Waals surface area contributed by atoms with Gasteiger partial charge in [-0.3, -0.25) is 4.68 Å². The van der Waals surface area contributed by atoms with Gasteiger partial charge in [0, 0.05) is 49.0 Å². The van der Waals surface area contributed by atoms with E-state index < -0.39 is 5.97 Å². The molecule has 2 aliphatic heterocycles. The molecule has 0 amide bonds. The molecule has 0 radical (unpaired) electrons. The maximum absolute atomic E-state index is 11.8. The molecule has 5 heterocycles. The number of ether oxygens (including phenoxy) is 3. The zero-order valence-electron chi connectivity index (χ0n) is 26.6. The molecular formula is C38H35N5O5. The quantitative estimate of drug-likeness (QED) is 0.220. The lowest BCUT2D eigenvalue weighted by atomic mass is 9.98. The van der Waals surface area contributed by atoms with E-state index in [1.807, 2.05) is 48.4 Å². The number of nitrogens with zero attached hydrogens (tertiary/aromatic N) is 5. The Balaban J connectivity index is 1.13. The summed E-state index contributed by atoms with van der Waals surface area (Å²) in [6, 6.07) is 23.6. The third kappa shape index (κ3) is 6.02. The first kappa shape index (κ1) is 29.9. The summed E-state index contributed by atoms with van der Waals surface area (Å²) >= 11 is 0. The Bertz CT molecular complexity index is 2150. The lowest BCUT2D eigenvalue weighted by Gasteiger charge is -2.27. The molecule has 1 atom stereocenters. The van der Waals surface area contributed by atoms with E-state index in [-0.39, 0.29) is 11.7 Å². The SMILES string of the molecule is Cn1cc(-c2ccc3c(c2)CCCOc2cc(ccc2Cc2nc4ccc(C(=O)O)cc4n2C[C@@H]2CCO2)-c2cccc(n2)OC3)cn1. The maximum atomic E-state index is 11.8. The molecule has 4 bridgehead atoms. The molecule has 2 aliphatic rings. The highest BCUT2D eigenvalue weighted by Gasteiger charge is 2.23. The largest absolute Gasteiger partial charge is 0.493 e. The smallest absolute Gasteiger partial charge is 0.335 e. The first-order chi connectivity index (χ1) is 23.5. The number of imidazole rings is 1. The number of aromatic nitrogens is 5. The molecule has 8 rings (SSSR count). The molecule has 1 saturated heterocycles. The number of fused-ring (bicyclic) bond motifs is 7. The number of aromatic carboxylic acids is 1. The van der Waals surface area contributed by atoms with Crippen molar-refractivity contribution in [3.63, 3.8) is 0 Å². The van der Waals surface area contributed by atoms with Gasteiger partial charge in [0.2, 0.25) is 5.88 Å². The van der Waals surface area contributed by atoms with Crippen molar-refractivity contribution in [2.24, 2.45) is 7.05 Å². The summed E-state index contributed by atoms with van der Waals surface area (Å²) in [6.07, 6.45) is 7.08. The summed E-state index contributed by atoms with van der Waals surface area (Å²) < 4.78 is 22.5. The van der Waals surface area contributed by atoms with Gasteiger partial charge in [0.15, 0.2) is 0 Å². The van der Waals surface area contributed by atoms with Crippen LogP contribution in [-0.4, -0.2) is 54.7 Å². The molecule has 48 heavy (non-hydrogen) atoms. The van der Waals surface area contributed by atoms with Crippen LogP contribution in [0.4, 0.5) is 0 Å². The number of aryl methyl sites for hydroxylation is 2. The van der Waals surface area contributed by atoms with Crippen LogP contribution in [0.2, 0.25) is 0 Å². The third-order valence-corrected chi connectivity index (χ3v) is 9.16. The molecule has 0 saturated carbocycles. The summed E-state index contributed by atoms with van der Waals surface area (Å²) in [5, 5.41) is 14.0. The predicted molar refractivity (Wildman–Crippen MR) is 180 cm³/mol. The van der Waals surface area contributed by atoms with E-state index in [9.17, 15) is 9.90 Å². The molecule has 3 aromatic carbocycles. The van der Waals surface area contributed by atoms with E-state index in [4.69, 9.17) is 24.2 Å². The van der Waals surface area contributed by atoms with Crippen LogP contribution in [-0.2, 0) is 37.8 Å². The summed E-state index contributed by atoms with van der Waals surface area (Å²) in [5.41, 5.74) is 9.00. The second-order valence-corrected chi connectivity index (χ2v) is 12.4. The minimum atomic E-state index is -0.962. The van der Waals surface area contributed by atoms with Crippen LogP contribution in [0.3, 0.4) is 0 Å². The van der Waals surface area contributed by atoms with E-state index in [0.29, 0.717) is 32.1 Å². The molecule has 1 fully saturated rings. The highest BCUT2D eigenvalue weighted by molar-refractivity contribution is 5.92. The minimum absolute atomic E-state index is 0.0772. The zero-order chi connectivity index (χ0) is 32.6. The molecular weight excluding hydrogens is 606 g/mol. The summed E-state index contributed by atoms with van der Waals surface area (Å²) in [6.45, 7) is 2.29. The fourth-order valence-corrected chi connectivity index (χ4v) is 6.44. The third-order valence-electron chi connectivity index (χ3n) is 9.16. The topological polar surface area (TPSA) is 114 Å². The van der Waals surface area contributed by atoms with Crippen LogP contribution in [0.1, 0.15) is 45.7 Å². The number of hydrogen-bond donors (Lipinski definition) is 1. The monoisotopic (exact) mass is 641 g/mol. The molecule has 10 nitrogen and oxygen atoms in total. The predicted octanol–water partition coefficient (Wildman–Crippen LogP) is 6.48. The van der Waals surface area contributed by atoms with Gasteiger partial charge in [-0.1, -0.05) is 36.4 Å². The first-order valence-corrected chi connectivity index (χ1v) is 16.3. The summed E-state index contributed by atoms with van der Waals surface area (Å²) in [4.78, 5) is 21.6. The number of carboxylic acid groups (broad SMARTS) is 1. The highest BCUT2D eigenvalue weighted by Crippen LogP contribution is 2.32. The fraction of sp³-hybridized carbons (Fsp3) is 0.263. The molecule has 0 spiro atoms. The maximum Gasteiger partial charge on any atom is 0.335 e. The number of pyridine rings is 1. The van der Waals surface area contributed by atoms with Gasteiger partial charge in [-0.15, -0.1) is 0 Å². The number of benzene rings is 3. The Morgan fingerprint density at radius 2 is 1.83 bits per heavy atom. The number of carboxylic acids is 1. The van der Waals surface area contributed by atoms with E-state index >= 15 is 0 Å². The van der Waals surface area contributed by atoms with Crippen LogP contribution in [0.25, 0.3) is 33.4 Å². The second kappa shape index (κ2) is 12.6. The molecule has 242 valence electrons. The van der Waals surface area contributed by atoms with Crippen molar-refractivity contribution in [1.82, 2.24) is 24.3 Å². The van der Waals surface area contributed by atoms with Gasteiger partial charge in [0.1, 0.15) is 18.2 Å². The van der Waals surface area contributed by atoms with Gasteiger partial charge >= 0.3 is 5.97 Å². The van der Waals surface area contributed by atoms with E-state index in [0.717, 1.165) is 82.0 Å². The van der Waals surface area contributed by atoms with Crippen molar-refractivity contribution >= 4 is 17.0 Å². The average Bonchev–Trinajstić information content (AvgIpc) is 3.66. The molecule has 1 N–H and O–H groups in total. The zero-order valence-corrected chi connectivity index (χ0v) is 26.6. The Kier molecular flexibility index (Phi) is 7.85. The van der Waals surface area contributed by atoms with Crippen molar-refractivity contribution in [3.8, 4) is 34.0 Å². The fourth-order valence-electron chi connectivity index (χ4n) is 6.44. The van der Waals surface area contributed by atoms with Gasteiger partial charge in [-0.05, 0) is 66.3 Å². The number of carbonyl (C=O) groups is 1. The van der Waals surface area contributed by atoms with Crippen molar-refractivity contribution in [1.29, 1.82) is 0 Å². The Morgan fingerprint density at radius 1 is 0.938 bits per heavy atom. The van der Waals surface area contributed by atoms with Crippen molar-refractivity contribution < 1.29 is 24.1 Å². The Morgan fingerprint density at radius 3 is 2.65 bits per heavy atom. The normalized spacial score (nSPS) is 15.9. The van der Waals surface area contributed by atoms with Gasteiger partial charge in [-0.2, -0.15) is 5.10 Å². The van der Waals surface area contributed by atoms with Gasteiger partial charge < -0.3 is 23.9 Å². The average molecular weight is 642 g/mol.